The highest BCUT2D eigenvalue weighted by Gasteiger charge is 2.26. The zero-order chi connectivity index (χ0) is 19.0. The lowest BCUT2D eigenvalue weighted by atomic mass is 10.0. The summed E-state index contributed by atoms with van der Waals surface area (Å²) in [6.45, 7) is 6.98. The molecule has 3 N–H and O–H groups in total. The first kappa shape index (κ1) is 23.6. The van der Waals surface area contributed by atoms with Crippen molar-refractivity contribution in [1.29, 1.82) is 0 Å². The predicted molar refractivity (Wildman–Crippen MR) is 119 cm³/mol. The smallest absolute Gasteiger partial charge is 0.191 e. The highest BCUT2D eigenvalue weighted by molar-refractivity contribution is 14.0. The molecule has 0 aliphatic heterocycles. The Labute approximate surface area is 182 Å². The first-order valence-corrected chi connectivity index (χ1v) is 9.00. The molecule has 2 aromatic rings. The number of rotatable bonds is 8. The van der Waals surface area contributed by atoms with Gasteiger partial charge in [-0.05, 0) is 45.0 Å². The van der Waals surface area contributed by atoms with Crippen LogP contribution in [-0.4, -0.2) is 36.8 Å². The van der Waals surface area contributed by atoms with Crippen molar-refractivity contribution in [3.05, 3.63) is 53.4 Å². The van der Waals surface area contributed by atoms with Gasteiger partial charge in [-0.25, -0.2) is 4.99 Å². The van der Waals surface area contributed by atoms with E-state index in [1.807, 2.05) is 32.0 Å². The molecular formula is C19H27ClIN3O3. The van der Waals surface area contributed by atoms with E-state index in [-0.39, 0.29) is 36.6 Å². The topological polar surface area (TPSA) is 79.0 Å². The summed E-state index contributed by atoms with van der Waals surface area (Å²) >= 11 is 6.11. The van der Waals surface area contributed by atoms with E-state index in [2.05, 4.69) is 15.6 Å². The molecule has 150 valence electrons. The fraction of sp³-hybridized carbons (Fsp3) is 0.421. The van der Waals surface area contributed by atoms with Crippen LogP contribution in [0.1, 0.15) is 26.5 Å². The zero-order valence-electron chi connectivity index (χ0n) is 15.7. The van der Waals surface area contributed by atoms with Crippen molar-refractivity contribution >= 4 is 41.5 Å². The van der Waals surface area contributed by atoms with E-state index in [9.17, 15) is 5.11 Å². The number of hydrogen-bond donors (Lipinski definition) is 3. The highest BCUT2D eigenvalue weighted by Crippen LogP contribution is 2.24. The van der Waals surface area contributed by atoms with Crippen molar-refractivity contribution in [2.45, 2.75) is 32.5 Å². The van der Waals surface area contributed by atoms with Gasteiger partial charge >= 0.3 is 0 Å². The van der Waals surface area contributed by atoms with Crippen molar-refractivity contribution in [3.63, 3.8) is 0 Å². The Morgan fingerprint density at radius 1 is 1.30 bits per heavy atom. The van der Waals surface area contributed by atoms with Crippen LogP contribution >= 0.6 is 35.6 Å². The quantitative estimate of drug-likeness (QED) is 0.288. The van der Waals surface area contributed by atoms with Gasteiger partial charge in [0.25, 0.3) is 0 Å². The minimum absolute atomic E-state index is 0. The Bertz CT molecular complexity index is 708. The van der Waals surface area contributed by atoms with E-state index in [0.29, 0.717) is 35.6 Å². The molecule has 2 atom stereocenters. The van der Waals surface area contributed by atoms with E-state index >= 15 is 0 Å². The maximum atomic E-state index is 10.5. The van der Waals surface area contributed by atoms with Gasteiger partial charge < -0.3 is 24.9 Å². The van der Waals surface area contributed by atoms with Gasteiger partial charge in [-0.3, -0.25) is 0 Å². The second-order valence-corrected chi connectivity index (χ2v) is 6.59. The van der Waals surface area contributed by atoms with Crippen molar-refractivity contribution in [1.82, 2.24) is 10.6 Å². The van der Waals surface area contributed by atoms with E-state index in [4.69, 9.17) is 20.8 Å². The Kier molecular flexibility index (Phi) is 9.97. The van der Waals surface area contributed by atoms with Crippen molar-refractivity contribution in [2.24, 2.45) is 4.99 Å². The summed E-state index contributed by atoms with van der Waals surface area (Å²) in [6.07, 6.45) is 1.41. The zero-order valence-corrected chi connectivity index (χ0v) is 18.8. The Morgan fingerprint density at radius 3 is 2.67 bits per heavy atom. The van der Waals surface area contributed by atoms with Crippen LogP contribution in [0.2, 0.25) is 5.02 Å². The van der Waals surface area contributed by atoms with Gasteiger partial charge in [-0.15, -0.1) is 24.0 Å². The minimum atomic E-state index is -1.18. The molecule has 0 radical (unpaired) electrons. The third-order valence-electron chi connectivity index (χ3n) is 3.66. The Morgan fingerprint density at radius 2 is 2.04 bits per heavy atom. The van der Waals surface area contributed by atoms with Crippen LogP contribution in [0.3, 0.4) is 0 Å². The molecule has 0 aliphatic carbocycles. The molecule has 2 rings (SSSR count). The minimum Gasteiger partial charge on any atom is -0.487 e. The number of furan rings is 1. The first-order chi connectivity index (χ1) is 12.4. The van der Waals surface area contributed by atoms with Crippen LogP contribution in [0, 0.1) is 0 Å². The monoisotopic (exact) mass is 507 g/mol. The Balaban J connectivity index is 0.00000364. The fourth-order valence-electron chi connectivity index (χ4n) is 2.28. The van der Waals surface area contributed by atoms with Gasteiger partial charge in [0.1, 0.15) is 23.2 Å². The summed E-state index contributed by atoms with van der Waals surface area (Å²) in [7, 11) is 0. The molecule has 0 fully saturated rings. The predicted octanol–water partition coefficient (Wildman–Crippen LogP) is 3.78. The highest BCUT2D eigenvalue weighted by atomic mass is 127. The van der Waals surface area contributed by atoms with Crippen molar-refractivity contribution in [2.75, 3.05) is 19.6 Å². The van der Waals surface area contributed by atoms with Crippen LogP contribution in [0.15, 0.2) is 52.1 Å². The van der Waals surface area contributed by atoms with E-state index in [0.717, 1.165) is 0 Å². The molecule has 2 unspecified atom stereocenters. The number of aliphatic hydroxyl groups is 1. The number of hydrogen-bond acceptors (Lipinski definition) is 4. The first-order valence-electron chi connectivity index (χ1n) is 8.62. The van der Waals surface area contributed by atoms with Gasteiger partial charge in [0.05, 0.1) is 24.4 Å². The summed E-state index contributed by atoms with van der Waals surface area (Å²) in [5, 5.41) is 17.4. The summed E-state index contributed by atoms with van der Waals surface area (Å²) in [5.41, 5.74) is -1.18. The number of ether oxygens (including phenoxy) is 1. The van der Waals surface area contributed by atoms with Gasteiger partial charge in [-0.1, -0.05) is 23.7 Å². The molecule has 8 heteroatoms. The lowest BCUT2D eigenvalue weighted by molar-refractivity contribution is 0.0437. The standard InChI is InChI=1S/C19H26ClN3O3.HI/c1-4-21-18(23-13-19(3,24)17-10-7-11-25-17)22-12-14(2)26-16-9-6-5-8-15(16)20;/h5-11,14,24H,4,12-13H2,1-3H3,(H2,21,22,23);1H. The number of nitrogens with one attached hydrogen (secondary N) is 2. The van der Waals surface area contributed by atoms with E-state index in [1.54, 1.807) is 25.1 Å². The summed E-state index contributed by atoms with van der Waals surface area (Å²) in [5.74, 6) is 1.72. The third-order valence-corrected chi connectivity index (χ3v) is 3.98. The van der Waals surface area contributed by atoms with Crippen LogP contribution < -0.4 is 15.4 Å². The number of guanidine groups is 1. The van der Waals surface area contributed by atoms with Gasteiger partial charge in [0.15, 0.2) is 5.96 Å². The second kappa shape index (κ2) is 11.4. The number of halogens is 2. The molecule has 0 saturated heterocycles. The second-order valence-electron chi connectivity index (χ2n) is 6.19. The molecule has 1 aromatic carbocycles. The molecular weight excluding hydrogens is 481 g/mol. The van der Waals surface area contributed by atoms with Gasteiger partial charge in [0, 0.05) is 6.54 Å². The number of nitrogens with zero attached hydrogens (tertiary/aromatic N) is 1. The Hall–Kier alpha value is -1.45. The van der Waals surface area contributed by atoms with Crippen LogP contribution in [0.4, 0.5) is 0 Å². The molecule has 27 heavy (non-hydrogen) atoms. The average Bonchev–Trinajstić information content (AvgIpc) is 3.15. The SMILES string of the molecule is CCNC(=NCC(C)(O)c1ccco1)NCC(C)Oc1ccccc1Cl.I. The van der Waals surface area contributed by atoms with E-state index < -0.39 is 5.60 Å². The molecule has 0 bridgehead atoms. The van der Waals surface area contributed by atoms with E-state index in [1.165, 1.54) is 6.26 Å². The molecule has 1 heterocycles. The van der Waals surface area contributed by atoms with Crippen LogP contribution in [0.5, 0.6) is 5.75 Å². The molecule has 0 amide bonds. The average molecular weight is 508 g/mol. The fourth-order valence-corrected chi connectivity index (χ4v) is 2.46. The summed E-state index contributed by atoms with van der Waals surface area (Å²) in [6, 6.07) is 10.8. The summed E-state index contributed by atoms with van der Waals surface area (Å²) < 4.78 is 11.1. The lowest BCUT2D eigenvalue weighted by Crippen LogP contribution is -2.42. The lowest BCUT2D eigenvalue weighted by Gasteiger charge is -2.21. The van der Waals surface area contributed by atoms with Crippen LogP contribution in [0.25, 0.3) is 0 Å². The normalized spacial score (nSPS) is 14.6. The maximum absolute atomic E-state index is 10.5. The van der Waals surface area contributed by atoms with Crippen molar-refractivity contribution in [3.8, 4) is 5.75 Å². The third kappa shape index (κ3) is 7.59. The molecule has 0 spiro atoms. The van der Waals surface area contributed by atoms with Gasteiger partial charge in [0.2, 0.25) is 0 Å². The maximum Gasteiger partial charge on any atom is 0.191 e. The molecule has 0 aliphatic rings. The molecule has 0 saturated carbocycles. The number of para-hydroxylation sites is 1. The number of aliphatic imine (C=N–C) groups is 1. The van der Waals surface area contributed by atoms with Gasteiger partial charge in [-0.2, -0.15) is 0 Å². The summed E-state index contributed by atoms with van der Waals surface area (Å²) in [4.78, 5) is 4.44. The largest absolute Gasteiger partial charge is 0.487 e. The number of benzene rings is 1. The molecule has 1 aromatic heterocycles. The van der Waals surface area contributed by atoms with Crippen LogP contribution in [-0.2, 0) is 5.60 Å². The molecule has 6 nitrogen and oxygen atoms in total. The van der Waals surface area contributed by atoms with Crippen molar-refractivity contribution < 1.29 is 14.3 Å².